The smallest absolute Gasteiger partial charge is 0.326 e. The van der Waals surface area contributed by atoms with E-state index in [1.807, 2.05) is 0 Å². The fourth-order valence-corrected chi connectivity index (χ4v) is 1.51. The van der Waals surface area contributed by atoms with E-state index in [0.717, 1.165) is 6.07 Å². The number of amides is 2. The summed E-state index contributed by atoms with van der Waals surface area (Å²) in [7, 11) is 0. The molecule has 0 aliphatic carbocycles. The number of benzene rings is 1. The maximum Gasteiger partial charge on any atom is 0.326 e. The van der Waals surface area contributed by atoms with Crippen LogP contribution in [0.3, 0.4) is 0 Å². The number of primary amides is 1. The van der Waals surface area contributed by atoms with E-state index in [-0.39, 0.29) is 5.56 Å². The molecule has 19 heavy (non-hydrogen) atoms. The molecule has 1 atom stereocenters. The third-order valence-electron chi connectivity index (χ3n) is 2.31. The van der Waals surface area contributed by atoms with Crippen LogP contribution < -0.4 is 11.1 Å². The molecule has 0 aliphatic heterocycles. The molecule has 0 aliphatic rings. The summed E-state index contributed by atoms with van der Waals surface area (Å²) >= 11 is 0. The monoisotopic (exact) mass is 268 g/mol. The molecule has 4 N–H and O–H groups in total. The maximum atomic E-state index is 13.1. The Balaban J connectivity index is 2.87. The van der Waals surface area contributed by atoms with Gasteiger partial charge in [0.05, 0.1) is 6.42 Å². The standard InChI is InChI=1S/C12H13FN2O4/c1-6-2-7(4-8(13)3-6)11(17)15-9(12(18)19)5-10(14)16/h2-4,9H,5H2,1H3,(H2,14,16)(H,15,17)(H,18,19)/t9-/m1/s1. The third kappa shape index (κ3) is 4.38. The van der Waals surface area contributed by atoms with Gasteiger partial charge in [0.15, 0.2) is 0 Å². The Morgan fingerprint density at radius 1 is 1.37 bits per heavy atom. The summed E-state index contributed by atoms with van der Waals surface area (Å²) in [6, 6.07) is 2.18. The summed E-state index contributed by atoms with van der Waals surface area (Å²) in [6.45, 7) is 1.60. The van der Waals surface area contributed by atoms with Crippen molar-refractivity contribution in [2.75, 3.05) is 0 Å². The molecule has 2 amide bonds. The number of nitrogens with two attached hydrogens (primary N) is 1. The van der Waals surface area contributed by atoms with E-state index < -0.39 is 36.1 Å². The Hall–Kier alpha value is -2.44. The van der Waals surface area contributed by atoms with Crippen LogP contribution in [0, 0.1) is 12.7 Å². The number of aliphatic carboxylic acids is 1. The van der Waals surface area contributed by atoms with Crippen molar-refractivity contribution in [1.29, 1.82) is 0 Å². The van der Waals surface area contributed by atoms with Crippen molar-refractivity contribution in [3.05, 3.63) is 35.1 Å². The molecule has 6 nitrogen and oxygen atoms in total. The molecule has 0 bridgehead atoms. The first kappa shape index (κ1) is 14.6. The Kier molecular flexibility index (Phi) is 4.57. The SMILES string of the molecule is Cc1cc(F)cc(C(=O)N[C@H](CC(N)=O)C(=O)O)c1. The summed E-state index contributed by atoms with van der Waals surface area (Å²) in [5.41, 5.74) is 5.38. The van der Waals surface area contributed by atoms with Gasteiger partial charge in [-0.25, -0.2) is 9.18 Å². The van der Waals surface area contributed by atoms with Crippen molar-refractivity contribution in [2.45, 2.75) is 19.4 Å². The van der Waals surface area contributed by atoms with Gasteiger partial charge in [0.1, 0.15) is 11.9 Å². The van der Waals surface area contributed by atoms with Crippen LogP contribution in [0.2, 0.25) is 0 Å². The second-order valence-corrected chi connectivity index (χ2v) is 4.05. The zero-order valence-corrected chi connectivity index (χ0v) is 10.1. The number of nitrogens with one attached hydrogen (secondary N) is 1. The maximum absolute atomic E-state index is 13.1. The molecule has 1 aromatic rings. The van der Waals surface area contributed by atoms with Gasteiger partial charge >= 0.3 is 5.97 Å². The zero-order valence-electron chi connectivity index (χ0n) is 10.1. The van der Waals surface area contributed by atoms with Gasteiger partial charge in [-0.1, -0.05) is 0 Å². The predicted molar refractivity (Wildman–Crippen MR) is 63.8 cm³/mol. The minimum Gasteiger partial charge on any atom is -0.480 e. The highest BCUT2D eigenvalue weighted by Gasteiger charge is 2.22. The topological polar surface area (TPSA) is 109 Å². The van der Waals surface area contributed by atoms with Gasteiger partial charge in [0, 0.05) is 5.56 Å². The van der Waals surface area contributed by atoms with Crippen molar-refractivity contribution in [1.82, 2.24) is 5.32 Å². The summed E-state index contributed by atoms with van der Waals surface area (Å²) in [6.07, 6.45) is -0.532. The molecule has 0 heterocycles. The Morgan fingerprint density at radius 3 is 2.47 bits per heavy atom. The number of carbonyl (C=O) groups excluding carboxylic acids is 2. The molecular weight excluding hydrogens is 255 g/mol. The van der Waals surface area contributed by atoms with Crippen LogP contribution in [-0.2, 0) is 9.59 Å². The fourth-order valence-electron chi connectivity index (χ4n) is 1.51. The van der Waals surface area contributed by atoms with Crippen LogP contribution in [0.5, 0.6) is 0 Å². The summed E-state index contributed by atoms with van der Waals surface area (Å²) in [4.78, 5) is 33.3. The number of rotatable bonds is 5. The van der Waals surface area contributed by atoms with Gasteiger partial charge in [-0.2, -0.15) is 0 Å². The highest BCUT2D eigenvalue weighted by Crippen LogP contribution is 2.09. The van der Waals surface area contributed by atoms with E-state index in [2.05, 4.69) is 5.32 Å². The number of carboxylic acids is 1. The second kappa shape index (κ2) is 5.94. The van der Waals surface area contributed by atoms with E-state index in [0.29, 0.717) is 5.56 Å². The van der Waals surface area contributed by atoms with Crippen LogP contribution in [0.25, 0.3) is 0 Å². The van der Waals surface area contributed by atoms with E-state index in [4.69, 9.17) is 10.8 Å². The Morgan fingerprint density at radius 2 is 2.00 bits per heavy atom. The van der Waals surface area contributed by atoms with Gasteiger partial charge in [-0.05, 0) is 30.7 Å². The lowest BCUT2D eigenvalue weighted by molar-refractivity contribution is -0.140. The van der Waals surface area contributed by atoms with Crippen molar-refractivity contribution in [2.24, 2.45) is 5.73 Å². The number of carboxylic acid groups (broad SMARTS) is 1. The lowest BCUT2D eigenvalue weighted by atomic mass is 10.1. The van der Waals surface area contributed by atoms with Crippen molar-refractivity contribution < 1.29 is 23.9 Å². The normalized spacial score (nSPS) is 11.7. The molecule has 0 aromatic heterocycles. The highest BCUT2D eigenvalue weighted by molar-refractivity contribution is 5.97. The van der Waals surface area contributed by atoms with Crippen LogP contribution in [0.1, 0.15) is 22.3 Å². The van der Waals surface area contributed by atoms with Gasteiger partial charge in [-0.15, -0.1) is 0 Å². The number of halogens is 1. The highest BCUT2D eigenvalue weighted by atomic mass is 19.1. The average molecular weight is 268 g/mol. The lowest BCUT2D eigenvalue weighted by Crippen LogP contribution is -2.43. The third-order valence-corrected chi connectivity index (χ3v) is 2.31. The van der Waals surface area contributed by atoms with Crippen LogP contribution >= 0.6 is 0 Å². The van der Waals surface area contributed by atoms with E-state index in [1.54, 1.807) is 6.92 Å². The van der Waals surface area contributed by atoms with Crippen LogP contribution in [-0.4, -0.2) is 28.9 Å². The number of aryl methyl sites for hydroxylation is 1. The van der Waals surface area contributed by atoms with E-state index >= 15 is 0 Å². The lowest BCUT2D eigenvalue weighted by Gasteiger charge is -2.13. The summed E-state index contributed by atoms with van der Waals surface area (Å²) < 4.78 is 13.1. The molecule has 0 saturated carbocycles. The molecular formula is C12H13FN2O4. The van der Waals surface area contributed by atoms with E-state index in [9.17, 15) is 18.8 Å². The van der Waals surface area contributed by atoms with Gasteiger partial charge < -0.3 is 16.2 Å². The van der Waals surface area contributed by atoms with Crippen molar-refractivity contribution in [3.8, 4) is 0 Å². The largest absolute Gasteiger partial charge is 0.480 e. The van der Waals surface area contributed by atoms with Gasteiger partial charge in [0.25, 0.3) is 5.91 Å². The summed E-state index contributed by atoms with van der Waals surface area (Å²) in [5, 5.41) is 10.9. The number of carbonyl (C=O) groups is 3. The first-order valence-corrected chi connectivity index (χ1v) is 5.38. The van der Waals surface area contributed by atoms with Crippen LogP contribution in [0.15, 0.2) is 18.2 Å². The average Bonchev–Trinajstić information content (AvgIpc) is 2.25. The first-order chi connectivity index (χ1) is 8.79. The second-order valence-electron chi connectivity index (χ2n) is 4.05. The fraction of sp³-hybridized carbons (Fsp3) is 0.250. The van der Waals surface area contributed by atoms with E-state index in [1.165, 1.54) is 12.1 Å². The molecule has 7 heteroatoms. The van der Waals surface area contributed by atoms with Crippen molar-refractivity contribution >= 4 is 17.8 Å². The molecule has 0 radical (unpaired) electrons. The molecule has 102 valence electrons. The molecule has 0 saturated heterocycles. The molecule has 0 fully saturated rings. The Bertz CT molecular complexity index is 510. The van der Waals surface area contributed by atoms with Crippen molar-refractivity contribution in [3.63, 3.8) is 0 Å². The number of hydrogen-bond donors (Lipinski definition) is 3. The molecule has 0 unspecified atom stereocenters. The van der Waals surface area contributed by atoms with Gasteiger partial charge in [-0.3, -0.25) is 9.59 Å². The summed E-state index contributed by atoms with van der Waals surface area (Å²) in [5.74, 6) is -3.63. The molecule has 1 rings (SSSR count). The minimum absolute atomic E-state index is 0.0202. The minimum atomic E-state index is -1.44. The predicted octanol–water partition coefficient (Wildman–Crippen LogP) is 0.193. The van der Waals surface area contributed by atoms with Gasteiger partial charge in [0.2, 0.25) is 5.91 Å². The molecule has 0 spiro atoms. The van der Waals surface area contributed by atoms with Crippen LogP contribution in [0.4, 0.5) is 4.39 Å². The molecule has 1 aromatic carbocycles. The Labute approximate surface area is 108 Å². The quantitative estimate of drug-likeness (QED) is 0.708. The first-order valence-electron chi connectivity index (χ1n) is 5.38. The number of hydrogen-bond acceptors (Lipinski definition) is 3. The zero-order chi connectivity index (χ0) is 14.6.